The monoisotopic (exact) mass is 467 g/mol. The molecule has 2 aliphatic carbocycles. The van der Waals surface area contributed by atoms with Crippen molar-refractivity contribution in [2.75, 3.05) is 10.6 Å². The molecule has 5 rings (SSSR count). The maximum Gasteiger partial charge on any atom is 0.225 e. The zero-order valence-corrected chi connectivity index (χ0v) is 19.6. The average Bonchev–Trinajstić information content (AvgIpc) is 3.37. The van der Waals surface area contributed by atoms with Crippen molar-refractivity contribution >= 4 is 46.3 Å². The minimum Gasteiger partial charge on any atom is -0.369 e. The summed E-state index contributed by atoms with van der Waals surface area (Å²) in [6.07, 6.45) is 9.69. The van der Waals surface area contributed by atoms with Crippen LogP contribution in [-0.2, 0) is 4.79 Å². The Morgan fingerprint density at radius 3 is 2.64 bits per heavy atom. The van der Waals surface area contributed by atoms with Crippen molar-refractivity contribution in [1.82, 2.24) is 19.5 Å². The summed E-state index contributed by atoms with van der Waals surface area (Å²) in [4.78, 5) is 26.0. The molecule has 0 atom stereocenters. The Morgan fingerprint density at radius 1 is 1.18 bits per heavy atom. The van der Waals surface area contributed by atoms with Crippen LogP contribution in [0.5, 0.6) is 0 Å². The van der Waals surface area contributed by atoms with E-state index in [1.54, 1.807) is 6.20 Å². The fourth-order valence-corrected chi connectivity index (χ4v) is 5.44. The molecule has 0 saturated heterocycles. The van der Waals surface area contributed by atoms with Crippen LogP contribution < -0.4 is 16.4 Å². The van der Waals surface area contributed by atoms with E-state index in [1.165, 1.54) is 12.8 Å². The number of nitrogens with two attached hydrogens (primary N) is 1. The van der Waals surface area contributed by atoms with Gasteiger partial charge in [0.05, 0.1) is 6.20 Å². The molecule has 0 aliphatic heterocycles. The molecule has 8 nitrogen and oxygen atoms in total. The van der Waals surface area contributed by atoms with Crippen LogP contribution in [0.1, 0.15) is 64.3 Å². The first-order chi connectivity index (χ1) is 15.9. The molecule has 3 aromatic rings. The predicted octanol–water partition coefficient (Wildman–Crippen LogP) is 5.18. The number of fused-ring (bicyclic) bond motifs is 1. The zero-order chi connectivity index (χ0) is 23.0. The van der Waals surface area contributed by atoms with Gasteiger partial charge in [0.25, 0.3) is 0 Å². The van der Waals surface area contributed by atoms with E-state index in [9.17, 15) is 4.79 Å². The van der Waals surface area contributed by atoms with Crippen molar-refractivity contribution in [3.63, 3.8) is 0 Å². The van der Waals surface area contributed by atoms with Gasteiger partial charge in [0.2, 0.25) is 17.8 Å². The number of benzene rings is 1. The van der Waals surface area contributed by atoms with Crippen LogP contribution in [0.25, 0.3) is 11.2 Å². The maximum absolute atomic E-state index is 11.7. The molecule has 1 aromatic carbocycles. The van der Waals surface area contributed by atoms with Gasteiger partial charge in [0, 0.05) is 28.2 Å². The first-order valence-electron chi connectivity index (χ1n) is 11.8. The molecule has 0 radical (unpaired) electrons. The minimum atomic E-state index is -0.208. The molecule has 9 heteroatoms. The Balaban J connectivity index is 1.52. The van der Waals surface area contributed by atoms with Crippen molar-refractivity contribution < 1.29 is 4.79 Å². The fraction of sp³-hybridized carbons (Fsp3) is 0.500. The van der Waals surface area contributed by atoms with E-state index in [0.29, 0.717) is 16.9 Å². The van der Waals surface area contributed by atoms with Crippen molar-refractivity contribution in [3.05, 3.63) is 35.5 Å². The van der Waals surface area contributed by atoms with Gasteiger partial charge in [-0.25, -0.2) is 9.97 Å². The number of carbonyl (C=O) groups excluding carboxylic acids is 1. The summed E-state index contributed by atoms with van der Waals surface area (Å²) < 4.78 is 2.16. The molecule has 174 valence electrons. The van der Waals surface area contributed by atoms with Crippen molar-refractivity contribution in [1.29, 1.82) is 0 Å². The largest absolute Gasteiger partial charge is 0.369 e. The molecule has 1 amide bonds. The van der Waals surface area contributed by atoms with E-state index in [1.807, 2.05) is 24.3 Å². The van der Waals surface area contributed by atoms with Crippen LogP contribution in [0.15, 0.2) is 30.5 Å². The summed E-state index contributed by atoms with van der Waals surface area (Å²) in [5.74, 6) is 1.07. The first-order valence-corrected chi connectivity index (χ1v) is 12.1. The van der Waals surface area contributed by atoms with Crippen molar-refractivity contribution in [2.45, 2.75) is 69.9 Å². The smallest absolute Gasteiger partial charge is 0.225 e. The molecule has 2 aromatic heterocycles. The van der Waals surface area contributed by atoms with Gasteiger partial charge in [-0.1, -0.05) is 30.5 Å². The van der Waals surface area contributed by atoms with Gasteiger partial charge >= 0.3 is 0 Å². The standard InChI is InChI=1S/C24H30ClN7O/c1-24(11-2-3-12-24)31-22-27-14-19-21(30-22)32(18-9-7-15(8-10-18)20(26)33)23(29-19)28-17-6-4-5-16(25)13-17/h4-6,13-15,18H,2-3,7-12H2,1H3,(H2,26,33)(H,28,29)(H,27,30,31)/t15-,18-. The number of hydrogen-bond acceptors (Lipinski definition) is 6. The summed E-state index contributed by atoms with van der Waals surface area (Å²) in [7, 11) is 0. The number of primary amides is 1. The SMILES string of the molecule is CC1(Nc2ncc3nc(Nc4cccc(Cl)c4)n([C@H]4CC[C@H](C(N)=O)CC4)c3n2)CCCC1. The molecule has 4 N–H and O–H groups in total. The average molecular weight is 468 g/mol. The van der Waals surface area contributed by atoms with Gasteiger partial charge in [-0.15, -0.1) is 0 Å². The van der Waals surface area contributed by atoms with E-state index in [-0.39, 0.29) is 23.4 Å². The molecule has 0 spiro atoms. The number of imidazole rings is 1. The van der Waals surface area contributed by atoms with Gasteiger partial charge in [-0.05, 0) is 63.6 Å². The number of carbonyl (C=O) groups is 1. The van der Waals surface area contributed by atoms with Gasteiger partial charge < -0.3 is 16.4 Å². The summed E-state index contributed by atoms with van der Waals surface area (Å²) in [5, 5.41) is 7.64. The maximum atomic E-state index is 11.7. The highest BCUT2D eigenvalue weighted by Crippen LogP contribution is 2.38. The lowest BCUT2D eigenvalue weighted by atomic mass is 9.85. The summed E-state index contributed by atoms with van der Waals surface area (Å²) in [6.45, 7) is 2.24. The predicted molar refractivity (Wildman–Crippen MR) is 131 cm³/mol. The molecule has 2 aliphatic rings. The van der Waals surface area contributed by atoms with Gasteiger partial charge in [0.1, 0.15) is 5.52 Å². The lowest BCUT2D eigenvalue weighted by molar-refractivity contribution is -0.122. The van der Waals surface area contributed by atoms with Gasteiger partial charge in [0.15, 0.2) is 5.65 Å². The van der Waals surface area contributed by atoms with Gasteiger partial charge in [-0.3, -0.25) is 9.36 Å². The van der Waals surface area contributed by atoms with Crippen LogP contribution in [0.4, 0.5) is 17.6 Å². The fourth-order valence-electron chi connectivity index (χ4n) is 5.25. The molecule has 0 bridgehead atoms. The third-order valence-electron chi connectivity index (χ3n) is 7.10. The molecular formula is C24H30ClN7O. The van der Waals surface area contributed by atoms with Crippen LogP contribution in [0.2, 0.25) is 5.02 Å². The number of amides is 1. The third kappa shape index (κ3) is 4.62. The molecule has 2 heterocycles. The highest BCUT2D eigenvalue weighted by Gasteiger charge is 2.31. The molecule has 33 heavy (non-hydrogen) atoms. The minimum absolute atomic E-state index is 0.0277. The zero-order valence-electron chi connectivity index (χ0n) is 18.9. The Hall–Kier alpha value is -2.87. The number of halogens is 1. The molecule has 2 fully saturated rings. The van der Waals surface area contributed by atoms with Crippen LogP contribution in [0, 0.1) is 5.92 Å². The number of nitrogens with zero attached hydrogens (tertiary/aromatic N) is 4. The molecule has 0 unspecified atom stereocenters. The second-order valence-corrected chi connectivity index (χ2v) is 10.1. The van der Waals surface area contributed by atoms with Crippen molar-refractivity contribution in [2.24, 2.45) is 11.7 Å². The quantitative estimate of drug-likeness (QED) is 0.460. The number of aromatic nitrogens is 4. The Morgan fingerprint density at radius 2 is 1.94 bits per heavy atom. The highest BCUT2D eigenvalue weighted by molar-refractivity contribution is 6.30. The topological polar surface area (TPSA) is 111 Å². The number of hydrogen-bond donors (Lipinski definition) is 3. The molecular weight excluding hydrogens is 438 g/mol. The van der Waals surface area contributed by atoms with Crippen LogP contribution in [0.3, 0.4) is 0 Å². The first kappa shape index (κ1) is 21.9. The normalized spacial score (nSPS) is 22.4. The van der Waals surface area contributed by atoms with Gasteiger partial charge in [-0.2, -0.15) is 4.98 Å². The van der Waals surface area contributed by atoms with E-state index < -0.39 is 0 Å². The van der Waals surface area contributed by atoms with Crippen molar-refractivity contribution in [3.8, 4) is 0 Å². The second-order valence-electron chi connectivity index (χ2n) is 9.64. The second kappa shape index (κ2) is 8.82. The lowest BCUT2D eigenvalue weighted by Crippen LogP contribution is -2.32. The van der Waals surface area contributed by atoms with E-state index in [4.69, 9.17) is 27.3 Å². The summed E-state index contributed by atoms with van der Waals surface area (Å²) >= 11 is 6.20. The summed E-state index contributed by atoms with van der Waals surface area (Å²) in [5.41, 5.74) is 7.98. The third-order valence-corrected chi connectivity index (χ3v) is 7.33. The number of nitrogens with one attached hydrogen (secondary N) is 2. The van der Waals surface area contributed by atoms with E-state index in [2.05, 4.69) is 27.1 Å². The number of rotatable bonds is 6. The highest BCUT2D eigenvalue weighted by atomic mass is 35.5. The van der Waals surface area contributed by atoms with E-state index in [0.717, 1.165) is 55.4 Å². The molecule has 2 saturated carbocycles. The summed E-state index contributed by atoms with van der Waals surface area (Å²) in [6, 6.07) is 7.74. The van der Waals surface area contributed by atoms with Crippen LogP contribution >= 0.6 is 11.6 Å². The number of anilines is 3. The van der Waals surface area contributed by atoms with E-state index >= 15 is 0 Å². The lowest BCUT2D eigenvalue weighted by Gasteiger charge is -2.29. The van der Waals surface area contributed by atoms with Crippen LogP contribution in [-0.4, -0.2) is 31.0 Å². The Labute approximate surface area is 198 Å². The Kier molecular flexibility index (Phi) is 5.86. The Bertz CT molecular complexity index is 1160.